The van der Waals surface area contributed by atoms with Gasteiger partial charge in [0.25, 0.3) is 11.1 Å². The molecule has 0 spiro atoms. The van der Waals surface area contributed by atoms with Gasteiger partial charge in [0.1, 0.15) is 23.0 Å². The average Bonchev–Trinajstić information content (AvgIpc) is 3.52. The van der Waals surface area contributed by atoms with Crippen molar-refractivity contribution in [3.63, 3.8) is 0 Å². The molecule has 4 aromatic heterocycles. The largest absolute Gasteiger partial charge is 0.318 e. The van der Waals surface area contributed by atoms with Gasteiger partial charge in [-0.05, 0) is 95.0 Å². The minimum Gasteiger partial charge on any atom is -0.318 e. The van der Waals surface area contributed by atoms with Gasteiger partial charge in [0.2, 0.25) is 0 Å². The number of rotatable bonds is 3. The lowest BCUT2D eigenvalue weighted by Crippen LogP contribution is -2.18. The van der Waals surface area contributed by atoms with E-state index in [1.54, 1.807) is 36.1 Å². The van der Waals surface area contributed by atoms with Crippen molar-refractivity contribution in [1.82, 2.24) is 28.2 Å². The summed E-state index contributed by atoms with van der Waals surface area (Å²) >= 11 is 12.0. The Morgan fingerprint density at radius 2 is 1.10 bits per heavy atom. The molecule has 49 heavy (non-hydrogen) atoms. The molecule has 0 unspecified atom stereocenters. The summed E-state index contributed by atoms with van der Waals surface area (Å²) in [6.07, 6.45) is 3.54. The molecule has 6 aromatic rings. The van der Waals surface area contributed by atoms with E-state index in [0.717, 1.165) is 45.5 Å². The van der Waals surface area contributed by atoms with Crippen molar-refractivity contribution in [3.05, 3.63) is 161 Å². The number of aromatic nitrogens is 6. The summed E-state index contributed by atoms with van der Waals surface area (Å²) in [5.41, 5.74) is 6.35. The molecular weight excluding hydrogens is 655 g/mol. The number of pyridine rings is 2. The van der Waals surface area contributed by atoms with Crippen LogP contribution in [0.4, 0.5) is 0 Å². The molecule has 4 heterocycles. The zero-order valence-corrected chi connectivity index (χ0v) is 29.6. The van der Waals surface area contributed by atoms with E-state index in [2.05, 4.69) is 33.6 Å². The molecule has 2 aromatic carbocycles. The Hall–Kier alpha value is -5.54. The maximum Gasteiger partial charge on any atom is 0.252 e. The maximum atomic E-state index is 12.1. The number of benzene rings is 2. The fourth-order valence-corrected chi connectivity index (χ4v) is 5.63. The second-order valence-electron chi connectivity index (χ2n) is 11.2. The molecule has 0 amide bonds. The van der Waals surface area contributed by atoms with Gasteiger partial charge >= 0.3 is 0 Å². The Kier molecular flexibility index (Phi) is 10.7. The molecule has 0 aliphatic carbocycles. The highest BCUT2D eigenvalue weighted by atomic mass is 35.5. The quantitative estimate of drug-likeness (QED) is 0.188. The summed E-state index contributed by atoms with van der Waals surface area (Å²) in [5.74, 6) is 13.9. The number of nitrogens with zero attached hydrogens (tertiary/aromatic N) is 6. The highest BCUT2D eigenvalue weighted by Crippen LogP contribution is 2.18. The van der Waals surface area contributed by atoms with E-state index in [1.807, 2.05) is 104 Å². The number of imidazole rings is 2. The van der Waals surface area contributed by atoms with Crippen molar-refractivity contribution >= 4 is 23.2 Å². The van der Waals surface area contributed by atoms with E-state index in [0.29, 0.717) is 28.0 Å². The second kappa shape index (κ2) is 15.1. The van der Waals surface area contributed by atoms with Gasteiger partial charge in [-0.2, -0.15) is 0 Å². The third-order valence-electron chi connectivity index (χ3n) is 7.78. The first-order chi connectivity index (χ1) is 23.4. The Morgan fingerprint density at radius 1 is 0.633 bits per heavy atom. The van der Waals surface area contributed by atoms with Crippen molar-refractivity contribution in [2.24, 2.45) is 7.05 Å². The molecule has 6 rings (SSSR count). The summed E-state index contributed by atoms with van der Waals surface area (Å²) < 4.78 is 7.07. The van der Waals surface area contributed by atoms with Crippen LogP contribution in [0.25, 0.3) is 11.4 Å². The van der Waals surface area contributed by atoms with E-state index in [-0.39, 0.29) is 11.1 Å². The van der Waals surface area contributed by atoms with Crippen LogP contribution in [0.5, 0.6) is 0 Å². The van der Waals surface area contributed by atoms with Crippen LogP contribution in [-0.2, 0) is 13.6 Å². The topological polar surface area (TPSA) is 79.6 Å². The average molecular weight is 690 g/mol. The van der Waals surface area contributed by atoms with Gasteiger partial charge in [-0.1, -0.05) is 47.2 Å². The minimum atomic E-state index is -0.0634. The fourth-order valence-electron chi connectivity index (χ4n) is 5.25. The molecular formula is C39H34Cl2N6O2. The predicted octanol–water partition coefficient (Wildman–Crippen LogP) is 6.96. The second-order valence-corrected chi connectivity index (χ2v) is 12.1. The third kappa shape index (κ3) is 8.13. The van der Waals surface area contributed by atoms with E-state index in [4.69, 9.17) is 23.2 Å². The Labute approximate surface area is 295 Å². The molecule has 246 valence electrons. The summed E-state index contributed by atoms with van der Waals surface area (Å²) in [4.78, 5) is 33.0. The van der Waals surface area contributed by atoms with Crippen molar-refractivity contribution in [2.45, 2.75) is 41.2 Å². The van der Waals surface area contributed by atoms with Crippen molar-refractivity contribution in [1.29, 1.82) is 0 Å². The van der Waals surface area contributed by atoms with Crippen LogP contribution >= 0.6 is 23.2 Å². The Bertz CT molecular complexity index is 2430. The minimum absolute atomic E-state index is 0.0286. The van der Waals surface area contributed by atoms with Gasteiger partial charge in [-0.15, -0.1) is 0 Å². The molecule has 0 atom stereocenters. The molecule has 0 saturated carbocycles. The molecule has 0 saturated heterocycles. The summed E-state index contributed by atoms with van der Waals surface area (Å²) in [6.45, 7) is 10.3. The number of aryl methyl sites for hydroxylation is 4. The van der Waals surface area contributed by atoms with Crippen LogP contribution in [0, 0.1) is 51.4 Å². The molecule has 0 aliphatic heterocycles. The smallest absolute Gasteiger partial charge is 0.252 e. The van der Waals surface area contributed by atoms with Gasteiger partial charge < -0.3 is 9.13 Å². The lowest BCUT2D eigenvalue weighted by atomic mass is 10.2. The van der Waals surface area contributed by atoms with E-state index in [9.17, 15) is 9.59 Å². The van der Waals surface area contributed by atoms with Gasteiger partial charge in [-0.3, -0.25) is 18.7 Å². The molecule has 0 N–H and O–H groups in total. The van der Waals surface area contributed by atoms with E-state index < -0.39 is 0 Å². The SMILES string of the molecule is CCn1ccc(-n2c(C)nc(C#Cc3cccc(Cl)c3)c2C)cc1=O.Cc1nc(C#Cc2cccc(Cl)c2)c(C)n1-c1ccn(C)c(=O)c1. The summed E-state index contributed by atoms with van der Waals surface area (Å²) in [7, 11) is 1.72. The highest BCUT2D eigenvalue weighted by Gasteiger charge is 2.13. The van der Waals surface area contributed by atoms with Crippen LogP contribution in [0.1, 0.15) is 52.5 Å². The van der Waals surface area contributed by atoms with Crippen molar-refractivity contribution < 1.29 is 0 Å². The van der Waals surface area contributed by atoms with Gasteiger partial charge in [0.05, 0.1) is 22.8 Å². The molecule has 10 heteroatoms. The standard InChI is InChI=1S/C20H18ClN3O.C19H16ClN3O/c1-4-23-11-10-18(13-20(23)25)24-14(2)19(22-15(24)3)9-8-16-6-5-7-17(21)12-16;1-13-18(8-7-15-5-4-6-16(20)11-15)21-14(2)23(13)17-9-10-22(3)19(24)12-17/h5-7,10-13H,4H2,1-3H3;4-6,9-12H,1-3H3. The molecule has 0 radical (unpaired) electrons. The third-order valence-corrected chi connectivity index (χ3v) is 8.25. The number of halogens is 2. The Morgan fingerprint density at radius 3 is 1.53 bits per heavy atom. The molecule has 0 bridgehead atoms. The highest BCUT2D eigenvalue weighted by molar-refractivity contribution is 6.31. The van der Waals surface area contributed by atoms with Gasteiger partial charge in [0, 0.05) is 59.3 Å². The number of hydrogen-bond acceptors (Lipinski definition) is 4. The van der Waals surface area contributed by atoms with Crippen molar-refractivity contribution in [2.75, 3.05) is 0 Å². The van der Waals surface area contributed by atoms with Gasteiger partial charge in [-0.25, -0.2) is 9.97 Å². The fraction of sp³-hybridized carbons (Fsp3) is 0.179. The summed E-state index contributed by atoms with van der Waals surface area (Å²) in [6, 6.07) is 21.8. The molecule has 0 fully saturated rings. The first-order valence-corrected chi connectivity index (χ1v) is 16.3. The van der Waals surface area contributed by atoms with Crippen molar-refractivity contribution in [3.8, 4) is 35.1 Å². The zero-order valence-electron chi connectivity index (χ0n) is 28.0. The predicted molar refractivity (Wildman–Crippen MR) is 196 cm³/mol. The first kappa shape index (κ1) is 34.8. The number of hydrogen-bond donors (Lipinski definition) is 0. The zero-order chi connectivity index (χ0) is 35.2. The normalized spacial score (nSPS) is 10.4. The van der Waals surface area contributed by atoms with Gasteiger partial charge in [0.15, 0.2) is 0 Å². The summed E-state index contributed by atoms with van der Waals surface area (Å²) in [5, 5.41) is 1.31. The van der Waals surface area contributed by atoms with Crippen LogP contribution in [-0.4, -0.2) is 28.2 Å². The van der Waals surface area contributed by atoms with E-state index >= 15 is 0 Å². The van der Waals surface area contributed by atoms with Crippen LogP contribution < -0.4 is 11.1 Å². The lowest BCUT2D eigenvalue weighted by molar-refractivity contribution is 0.723. The maximum absolute atomic E-state index is 12.1. The van der Waals surface area contributed by atoms with Crippen LogP contribution in [0.3, 0.4) is 0 Å². The monoisotopic (exact) mass is 688 g/mol. The van der Waals surface area contributed by atoms with E-state index in [1.165, 1.54) is 4.57 Å². The first-order valence-electron chi connectivity index (χ1n) is 15.5. The Balaban J connectivity index is 0.000000191. The molecule has 0 aliphatic rings. The van der Waals surface area contributed by atoms with Crippen LogP contribution in [0.2, 0.25) is 10.0 Å². The van der Waals surface area contributed by atoms with Crippen LogP contribution in [0.15, 0.2) is 94.8 Å². The molecule has 8 nitrogen and oxygen atoms in total. The lowest BCUT2D eigenvalue weighted by Gasteiger charge is -2.09.